The number of esters is 1. The number of hydrogen-bond acceptors (Lipinski definition) is 5. The van der Waals surface area contributed by atoms with Crippen molar-refractivity contribution >= 4 is 23.4 Å². The molecule has 0 fully saturated rings. The molecule has 0 aliphatic rings. The monoisotopic (exact) mass is 291 g/mol. The van der Waals surface area contributed by atoms with E-state index in [1.807, 2.05) is 38.1 Å². The second kappa shape index (κ2) is 6.05. The predicted octanol–water partition coefficient (Wildman–Crippen LogP) is 3.56. The van der Waals surface area contributed by atoms with Gasteiger partial charge in [-0.25, -0.2) is 4.79 Å². The third-order valence-electron chi connectivity index (χ3n) is 2.92. The average molecular weight is 291 g/mol. The molecule has 2 N–H and O–H groups in total. The second-order valence-corrected chi connectivity index (χ2v) is 5.55. The molecule has 1 heterocycles. The van der Waals surface area contributed by atoms with Crippen molar-refractivity contribution in [3.8, 4) is 0 Å². The Morgan fingerprint density at radius 2 is 2.05 bits per heavy atom. The summed E-state index contributed by atoms with van der Waals surface area (Å²) in [5.74, 6) is 1.21. The number of benzene rings is 1. The van der Waals surface area contributed by atoms with Crippen LogP contribution in [-0.4, -0.2) is 13.1 Å². The summed E-state index contributed by atoms with van der Waals surface area (Å²) >= 11 is 1.63. The van der Waals surface area contributed by atoms with Gasteiger partial charge in [0.25, 0.3) is 0 Å². The third kappa shape index (κ3) is 3.17. The van der Waals surface area contributed by atoms with E-state index >= 15 is 0 Å². The summed E-state index contributed by atoms with van der Waals surface area (Å²) in [5, 5.41) is 0. The van der Waals surface area contributed by atoms with E-state index < -0.39 is 5.97 Å². The van der Waals surface area contributed by atoms with E-state index in [9.17, 15) is 4.79 Å². The maximum atomic E-state index is 11.5. The number of methoxy groups -OCH3 is 1. The summed E-state index contributed by atoms with van der Waals surface area (Å²) in [5.41, 5.74) is 8.48. The van der Waals surface area contributed by atoms with Crippen molar-refractivity contribution in [2.45, 2.75) is 24.5 Å². The third-order valence-corrected chi connectivity index (χ3v) is 4.10. The zero-order chi connectivity index (χ0) is 14.7. The lowest BCUT2D eigenvalue weighted by molar-refractivity contribution is 0.0562. The van der Waals surface area contributed by atoms with Crippen LogP contribution in [0.5, 0.6) is 0 Å². The van der Waals surface area contributed by atoms with Crippen LogP contribution in [0.25, 0.3) is 0 Å². The lowest BCUT2D eigenvalue weighted by atomic mass is 10.2. The van der Waals surface area contributed by atoms with Crippen LogP contribution in [0, 0.1) is 13.8 Å². The number of aryl methyl sites for hydroxylation is 2. The van der Waals surface area contributed by atoms with E-state index in [0.29, 0.717) is 5.75 Å². The molecule has 0 spiro atoms. The molecule has 1 aromatic heterocycles. The summed E-state index contributed by atoms with van der Waals surface area (Å²) in [4.78, 5) is 12.6. The van der Waals surface area contributed by atoms with Gasteiger partial charge in [-0.3, -0.25) is 0 Å². The van der Waals surface area contributed by atoms with Crippen molar-refractivity contribution in [2.24, 2.45) is 0 Å². The number of ether oxygens (including phenoxy) is 1. The second-order valence-electron chi connectivity index (χ2n) is 4.53. The molecule has 0 radical (unpaired) electrons. The Balaban J connectivity index is 2.11. The van der Waals surface area contributed by atoms with Crippen LogP contribution >= 0.6 is 11.8 Å². The number of carbonyl (C=O) groups is 1. The molecular formula is C15H17NO3S. The maximum Gasteiger partial charge on any atom is 0.374 e. The molecule has 0 unspecified atom stereocenters. The summed E-state index contributed by atoms with van der Waals surface area (Å²) in [6, 6.07) is 7.68. The topological polar surface area (TPSA) is 65.5 Å². The number of carbonyl (C=O) groups excluding carboxylic acids is 1. The molecule has 4 nitrogen and oxygen atoms in total. The Labute approximate surface area is 122 Å². The molecule has 20 heavy (non-hydrogen) atoms. The molecule has 0 amide bonds. The number of nitrogen functional groups attached to an aromatic ring is 1. The van der Waals surface area contributed by atoms with Gasteiger partial charge in [0.05, 0.1) is 12.9 Å². The molecule has 0 bridgehead atoms. The predicted molar refractivity (Wildman–Crippen MR) is 79.9 cm³/mol. The molecule has 1 aromatic carbocycles. The summed E-state index contributed by atoms with van der Waals surface area (Å²) < 4.78 is 10.2. The highest BCUT2D eigenvalue weighted by atomic mass is 32.2. The van der Waals surface area contributed by atoms with Gasteiger partial charge in [0.2, 0.25) is 5.76 Å². The van der Waals surface area contributed by atoms with Gasteiger partial charge >= 0.3 is 5.97 Å². The number of anilines is 1. The molecule has 0 aliphatic heterocycles. The van der Waals surface area contributed by atoms with E-state index in [4.69, 9.17) is 10.2 Å². The highest BCUT2D eigenvalue weighted by Gasteiger charge is 2.16. The van der Waals surface area contributed by atoms with E-state index in [-0.39, 0.29) is 5.76 Å². The zero-order valence-electron chi connectivity index (χ0n) is 11.7. The van der Waals surface area contributed by atoms with Crippen molar-refractivity contribution < 1.29 is 13.9 Å². The SMILES string of the molecule is COC(=O)c1oc(CSc2cc(N)ccc2C)cc1C. The Kier molecular flexibility index (Phi) is 4.39. The lowest BCUT2D eigenvalue weighted by Gasteiger charge is -2.05. The van der Waals surface area contributed by atoms with Gasteiger partial charge in [-0.2, -0.15) is 0 Å². The molecular weight excluding hydrogens is 274 g/mol. The molecule has 0 saturated heterocycles. The number of rotatable bonds is 4. The molecule has 0 atom stereocenters. The first-order valence-corrected chi connectivity index (χ1v) is 7.16. The van der Waals surface area contributed by atoms with E-state index in [2.05, 4.69) is 4.74 Å². The maximum absolute atomic E-state index is 11.5. The van der Waals surface area contributed by atoms with Crippen LogP contribution in [0.1, 0.15) is 27.4 Å². The van der Waals surface area contributed by atoms with Crippen LogP contribution in [0.4, 0.5) is 5.69 Å². The first-order chi connectivity index (χ1) is 9.51. The fraction of sp³-hybridized carbons (Fsp3) is 0.267. The van der Waals surface area contributed by atoms with Gasteiger partial charge in [0.15, 0.2) is 0 Å². The average Bonchev–Trinajstić information content (AvgIpc) is 2.80. The minimum Gasteiger partial charge on any atom is -0.463 e. The van der Waals surface area contributed by atoms with Gasteiger partial charge in [0.1, 0.15) is 5.76 Å². The van der Waals surface area contributed by atoms with Crippen molar-refractivity contribution in [3.63, 3.8) is 0 Å². The quantitative estimate of drug-likeness (QED) is 0.530. The molecule has 2 rings (SSSR count). The normalized spacial score (nSPS) is 10.6. The lowest BCUT2D eigenvalue weighted by Crippen LogP contribution is -2.00. The highest BCUT2D eigenvalue weighted by Crippen LogP contribution is 2.29. The zero-order valence-corrected chi connectivity index (χ0v) is 12.5. The van der Waals surface area contributed by atoms with Crippen molar-refractivity contribution in [1.29, 1.82) is 0 Å². The number of furan rings is 1. The first-order valence-electron chi connectivity index (χ1n) is 6.18. The number of nitrogens with two attached hydrogens (primary N) is 1. The Morgan fingerprint density at radius 1 is 1.30 bits per heavy atom. The summed E-state index contributed by atoms with van der Waals surface area (Å²) in [7, 11) is 1.34. The minimum absolute atomic E-state index is 0.271. The van der Waals surface area contributed by atoms with Crippen molar-refractivity contribution in [1.82, 2.24) is 0 Å². The van der Waals surface area contributed by atoms with Gasteiger partial charge in [-0.15, -0.1) is 11.8 Å². The van der Waals surface area contributed by atoms with Gasteiger partial charge in [0, 0.05) is 16.1 Å². The molecule has 106 valence electrons. The Hall–Kier alpha value is -1.88. The highest BCUT2D eigenvalue weighted by molar-refractivity contribution is 7.98. The molecule has 0 saturated carbocycles. The van der Waals surface area contributed by atoms with Crippen LogP contribution in [0.15, 0.2) is 33.6 Å². The number of thioether (sulfide) groups is 1. The molecule has 0 aliphatic carbocycles. The first kappa shape index (κ1) is 14.5. The molecule has 2 aromatic rings. The van der Waals surface area contributed by atoms with Crippen LogP contribution < -0.4 is 5.73 Å². The van der Waals surface area contributed by atoms with Gasteiger partial charge < -0.3 is 14.9 Å². The van der Waals surface area contributed by atoms with E-state index in [1.54, 1.807) is 11.8 Å². The Morgan fingerprint density at radius 3 is 2.75 bits per heavy atom. The van der Waals surface area contributed by atoms with Crippen molar-refractivity contribution in [3.05, 3.63) is 46.9 Å². The number of hydrogen-bond donors (Lipinski definition) is 1. The summed E-state index contributed by atoms with van der Waals surface area (Å²) in [6.45, 7) is 3.87. The van der Waals surface area contributed by atoms with Crippen LogP contribution in [-0.2, 0) is 10.5 Å². The van der Waals surface area contributed by atoms with Crippen LogP contribution in [0.3, 0.4) is 0 Å². The van der Waals surface area contributed by atoms with Crippen LogP contribution in [0.2, 0.25) is 0 Å². The standard InChI is InChI=1S/C15H17NO3S/c1-9-4-5-11(16)7-13(9)20-8-12-6-10(2)14(19-12)15(17)18-3/h4-7H,8,16H2,1-3H3. The fourth-order valence-electron chi connectivity index (χ4n) is 1.84. The smallest absolute Gasteiger partial charge is 0.374 e. The Bertz CT molecular complexity index is 634. The largest absolute Gasteiger partial charge is 0.463 e. The van der Waals surface area contributed by atoms with Crippen molar-refractivity contribution in [2.75, 3.05) is 12.8 Å². The molecule has 5 heteroatoms. The van der Waals surface area contributed by atoms with Gasteiger partial charge in [-0.05, 0) is 37.6 Å². The fourth-order valence-corrected chi connectivity index (χ4v) is 2.79. The summed E-state index contributed by atoms with van der Waals surface area (Å²) in [6.07, 6.45) is 0. The van der Waals surface area contributed by atoms with Gasteiger partial charge in [-0.1, -0.05) is 6.07 Å². The minimum atomic E-state index is -0.445. The van der Waals surface area contributed by atoms with E-state index in [0.717, 1.165) is 21.9 Å². The van der Waals surface area contributed by atoms with E-state index in [1.165, 1.54) is 12.7 Å².